The third-order valence-electron chi connectivity index (χ3n) is 4.11. The molecule has 5 nitrogen and oxygen atoms in total. The molecule has 0 saturated heterocycles. The van der Waals surface area contributed by atoms with Crippen LogP contribution in [0.3, 0.4) is 0 Å². The minimum absolute atomic E-state index is 0.0356. The average Bonchev–Trinajstić information content (AvgIpc) is 3.36. The first-order chi connectivity index (χ1) is 11.5. The number of amides is 2. The lowest BCUT2D eigenvalue weighted by atomic mass is 10.1. The summed E-state index contributed by atoms with van der Waals surface area (Å²) in [4.78, 5) is 29.9. The zero-order valence-electron chi connectivity index (χ0n) is 13.5. The quantitative estimate of drug-likeness (QED) is 0.927. The number of aromatic nitrogens is 1. The van der Waals surface area contributed by atoms with Crippen LogP contribution < -0.4 is 5.32 Å². The molecule has 124 valence electrons. The molecule has 2 aromatic rings. The van der Waals surface area contributed by atoms with Crippen molar-refractivity contribution < 1.29 is 9.59 Å². The molecule has 1 aliphatic carbocycles. The molecule has 3 rings (SSSR count). The Morgan fingerprint density at radius 3 is 2.71 bits per heavy atom. The number of carbonyl (C=O) groups is 2. The van der Waals surface area contributed by atoms with Gasteiger partial charge in [0.1, 0.15) is 0 Å². The second kappa shape index (κ2) is 6.61. The van der Waals surface area contributed by atoms with Crippen molar-refractivity contribution in [1.29, 1.82) is 0 Å². The normalized spacial score (nSPS) is 18.8. The van der Waals surface area contributed by atoms with Crippen molar-refractivity contribution in [2.24, 2.45) is 5.92 Å². The van der Waals surface area contributed by atoms with Crippen molar-refractivity contribution >= 4 is 29.1 Å². The molecule has 0 spiro atoms. The summed E-state index contributed by atoms with van der Waals surface area (Å²) in [6.45, 7) is 0. The number of halogens is 1. The first-order valence-electron chi connectivity index (χ1n) is 7.69. The molecule has 0 aliphatic heterocycles. The van der Waals surface area contributed by atoms with Crippen LogP contribution >= 0.6 is 11.6 Å². The largest absolute Gasteiger partial charge is 0.345 e. The lowest BCUT2D eigenvalue weighted by molar-refractivity contribution is -0.117. The van der Waals surface area contributed by atoms with Gasteiger partial charge in [0.15, 0.2) is 0 Å². The average molecular weight is 344 g/mol. The van der Waals surface area contributed by atoms with Crippen LogP contribution in [0.25, 0.3) is 0 Å². The van der Waals surface area contributed by atoms with E-state index in [-0.39, 0.29) is 23.7 Å². The molecule has 6 heteroatoms. The number of rotatable bonds is 4. The SMILES string of the molecule is CN(C)C(=O)c1ccc(NC(=O)[C@@H]2C[C@@H]2c2cccnc2)cc1Cl. The van der Waals surface area contributed by atoms with Gasteiger partial charge in [0.05, 0.1) is 10.6 Å². The Bertz CT molecular complexity index is 777. The Labute approximate surface area is 145 Å². The Kier molecular flexibility index (Phi) is 4.53. The molecular weight excluding hydrogens is 326 g/mol. The number of hydrogen-bond acceptors (Lipinski definition) is 3. The summed E-state index contributed by atoms with van der Waals surface area (Å²) in [6, 6.07) is 8.80. The van der Waals surface area contributed by atoms with Crippen LogP contribution in [0.1, 0.15) is 28.3 Å². The van der Waals surface area contributed by atoms with Gasteiger partial charge in [-0.15, -0.1) is 0 Å². The van der Waals surface area contributed by atoms with Gasteiger partial charge in [0.2, 0.25) is 5.91 Å². The molecule has 1 fully saturated rings. The van der Waals surface area contributed by atoms with Crippen molar-refractivity contribution in [3.05, 3.63) is 58.9 Å². The Morgan fingerprint density at radius 1 is 1.29 bits per heavy atom. The maximum atomic E-state index is 12.3. The number of nitrogens with one attached hydrogen (secondary N) is 1. The van der Waals surface area contributed by atoms with Gasteiger partial charge >= 0.3 is 0 Å². The van der Waals surface area contributed by atoms with Crippen LogP contribution in [0.5, 0.6) is 0 Å². The molecule has 2 atom stereocenters. The van der Waals surface area contributed by atoms with Gasteiger partial charge in [0.25, 0.3) is 5.91 Å². The monoisotopic (exact) mass is 343 g/mol. The fraction of sp³-hybridized carbons (Fsp3) is 0.278. The highest BCUT2D eigenvalue weighted by atomic mass is 35.5. The lowest BCUT2D eigenvalue weighted by Gasteiger charge is -2.12. The summed E-state index contributed by atoms with van der Waals surface area (Å²) in [5, 5.41) is 3.20. The van der Waals surface area contributed by atoms with Gasteiger partial charge in [-0.05, 0) is 42.2 Å². The van der Waals surface area contributed by atoms with Gasteiger partial charge in [-0.25, -0.2) is 0 Å². The lowest BCUT2D eigenvalue weighted by Crippen LogP contribution is -2.22. The van der Waals surface area contributed by atoms with E-state index < -0.39 is 0 Å². The number of anilines is 1. The van der Waals surface area contributed by atoms with Gasteiger partial charge in [-0.2, -0.15) is 0 Å². The molecule has 1 saturated carbocycles. The fourth-order valence-corrected chi connectivity index (χ4v) is 2.95. The summed E-state index contributed by atoms with van der Waals surface area (Å²) >= 11 is 6.16. The Hall–Kier alpha value is -2.40. The van der Waals surface area contributed by atoms with Crippen molar-refractivity contribution in [2.75, 3.05) is 19.4 Å². The smallest absolute Gasteiger partial charge is 0.254 e. The topological polar surface area (TPSA) is 62.3 Å². The molecule has 0 unspecified atom stereocenters. The van der Waals surface area contributed by atoms with E-state index in [9.17, 15) is 9.59 Å². The fourth-order valence-electron chi connectivity index (χ4n) is 2.69. The van der Waals surface area contributed by atoms with E-state index >= 15 is 0 Å². The summed E-state index contributed by atoms with van der Waals surface area (Å²) in [7, 11) is 3.33. The molecule has 1 aromatic carbocycles. The van der Waals surface area contributed by atoms with E-state index in [4.69, 9.17) is 11.6 Å². The summed E-state index contributed by atoms with van der Waals surface area (Å²) < 4.78 is 0. The van der Waals surface area contributed by atoms with Crippen LogP contribution in [0.15, 0.2) is 42.7 Å². The Balaban J connectivity index is 1.66. The number of pyridine rings is 1. The van der Waals surface area contributed by atoms with Crippen LogP contribution in [-0.4, -0.2) is 35.8 Å². The maximum absolute atomic E-state index is 12.3. The first-order valence-corrected chi connectivity index (χ1v) is 8.07. The molecule has 1 aromatic heterocycles. The molecular formula is C18H18ClN3O2. The molecule has 1 heterocycles. The molecule has 0 bridgehead atoms. The van der Waals surface area contributed by atoms with Gasteiger partial charge in [-0.1, -0.05) is 17.7 Å². The predicted octanol–water partition coefficient (Wildman–Crippen LogP) is 3.18. The summed E-state index contributed by atoms with van der Waals surface area (Å²) in [5.74, 6) is -0.0249. The number of carbonyl (C=O) groups excluding carboxylic acids is 2. The van der Waals surface area contributed by atoms with E-state index in [0.717, 1.165) is 12.0 Å². The van der Waals surface area contributed by atoms with E-state index in [1.807, 2.05) is 12.1 Å². The highest BCUT2D eigenvalue weighted by Gasteiger charge is 2.44. The number of hydrogen-bond donors (Lipinski definition) is 1. The standard InChI is InChI=1S/C18H18ClN3O2/c1-22(2)18(24)13-6-5-12(8-16(13)19)21-17(23)15-9-14(15)11-4-3-7-20-10-11/h3-8,10,14-15H,9H2,1-2H3,(H,21,23)/t14-,15-/m1/s1. The number of benzene rings is 1. The maximum Gasteiger partial charge on any atom is 0.254 e. The first kappa shape index (κ1) is 16.5. The van der Waals surface area contributed by atoms with E-state index in [2.05, 4.69) is 10.3 Å². The number of nitrogens with zero attached hydrogens (tertiary/aromatic N) is 2. The molecule has 24 heavy (non-hydrogen) atoms. The van der Waals surface area contributed by atoms with Crippen LogP contribution in [0.2, 0.25) is 5.02 Å². The van der Waals surface area contributed by atoms with Crippen molar-refractivity contribution in [2.45, 2.75) is 12.3 Å². The molecule has 1 N–H and O–H groups in total. The Morgan fingerprint density at radius 2 is 2.08 bits per heavy atom. The minimum atomic E-state index is -0.170. The third kappa shape index (κ3) is 3.41. The summed E-state index contributed by atoms with van der Waals surface area (Å²) in [6.07, 6.45) is 4.35. The zero-order valence-corrected chi connectivity index (χ0v) is 14.2. The zero-order chi connectivity index (χ0) is 17.3. The summed E-state index contributed by atoms with van der Waals surface area (Å²) in [5.41, 5.74) is 2.10. The second-order valence-corrected chi connectivity index (χ2v) is 6.53. The van der Waals surface area contributed by atoms with Crippen molar-refractivity contribution in [3.8, 4) is 0 Å². The molecule has 0 radical (unpaired) electrons. The van der Waals surface area contributed by atoms with Crippen molar-refractivity contribution in [1.82, 2.24) is 9.88 Å². The van der Waals surface area contributed by atoms with E-state index in [0.29, 0.717) is 16.3 Å². The molecule has 1 aliphatic rings. The highest BCUT2D eigenvalue weighted by molar-refractivity contribution is 6.34. The van der Waals surface area contributed by atoms with Gasteiger partial charge < -0.3 is 10.2 Å². The van der Waals surface area contributed by atoms with Crippen LogP contribution in [-0.2, 0) is 4.79 Å². The minimum Gasteiger partial charge on any atom is -0.345 e. The van der Waals surface area contributed by atoms with E-state index in [1.165, 1.54) is 4.90 Å². The van der Waals surface area contributed by atoms with Crippen molar-refractivity contribution in [3.63, 3.8) is 0 Å². The van der Waals surface area contributed by atoms with Crippen LogP contribution in [0.4, 0.5) is 5.69 Å². The van der Waals surface area contributed by atoms with Gasteiger partial charge in [-0.3, -0.25) is 14.6 Å². The highest BCUT2D eigenvalue weighted by Crippen LogP contribution is 2.47. The molecule has 2 amide bonds. The second-order valence-electron chi connectivity index (χ2n) is 6.12. The predicted molar refractivity (Wildman–Crippen MR) is 93.2 cm³/mol. The van der Waals surface area contributed by atoms with E-state index in [1.54, 1.807) is 44.7 Å². The van der Waals surface area contributed by atoms with Gasteiger partial charge in [0, 0.05) is 38.1 Å². The third-order valence-corrected chi connectivity index (χ3v) is 4.43. The van der Waals surface area contributed by atoms with Crippen LogP contribution in [0, 0.1) is 5.92 Å².